The topological polar surface area (TPSA) is 58.6 Å². The van der Waals surface area contributed by atoms with E-state index in [1.165, 1.54) is 25.3 Å². The predicted octanol–water partition coefficient (Wildman–Crippen LogP) is 3.28. The molecule has 2 N–H and O–H groups in total. The van der Waals surface area contributed by atoms with E-state index in [1.807, 2.05) is 0 Å². The molecule has 0 aromatic heterocycles. The molecule has 4 nitrogen and oxygen atoms in total. The number of halogens is 1. The van der Waals surface area contributed by atoms with Crippen LogP contribution in [0.1, 0.15) is 10.4 Å². The number of aromatic carboxylic acids is 1. The standard InChI is InChI=1S/C14H12FNO3/c1-19-11-5-6-13(12(8-11)14(17)18)16-10-4-2-3-9(15)7-10/h2-8,16H,1H3,(H,17,18). The van der Waals surface area contributed by atoms with E-state index in [1.54, 1.807) is 24.3 Å². The van der Waals surface area contributed by atoms with Gasteiger partial charge in [0, 0.05) is 5.69 Å². The van der Waals surface area contributed by atoms with Gasteiger partial charge in [-0.25, -0.2) is 9.18 Å². The highest BCUT2D eigenvalue weighted by atomic mass is 19.1. The van der Waals surface area contributed by atoms with Gasteiger partial charge >= 0.3 is 5.97 Å². The van der Waals surface area contributed by atoms with Crippen molar-refractivity contribution in [1.82, 2.24) is 0 Å². The summed E-state index contributed by atoms with van der Waals surface area (Å²) in [6.45, 7) is 0. The molecule has 0 spiro atoms. The van der Waals surface area contributed by atoms with Crippen molar-refractivity contribution in [3.8, 4) is 5.75 Å². The minimum atomic E-state index is -1.09. The molecule has 0 bridgehead atoms. The molecule has 98 valence electrons. The maximum Gasteiger partial charge on any atom is 0.337 e. The average Bonchev–Trinajstić information content (AvgIpc) is 2.39. The summed E-state index contributed by atoms with van der Waals surface area (Å²) in [6.07, 6.45) is 0. The number of rotatable bonds is 4. The van der Waals surface area contributed by atoms with Crippen LogP contribution in [0.4, 0.5) is 15.8 Å². The molecule has 0 aliphatic heterocycles. The third-order valence-electron chi connectivity index (χ3n) is 2.56. The molecule has 0 amide bonds. The minimum absolute atomic E-state index is 0.0589. The van der Waals surface area contributed by atoms with E-state index < -0.39 is 11.8 Å². The van der Waals surface area contributed by atoms with Crippen LogP contribution in [0.15, 0.2) is 42.5 Å². The number of ether oxygens (including phenoxy) is 1. The Kier molecular flexibility index (Phi) is 3.66. The zero-order chi connectivity index (χ0) is 13.8. The summed E-state index contributed by atoms with van der Waals surface area (Å²) in [6, 6.07) is 10.4. The number of methoxy groups -OCH3 is 1. The molecule has 0 unspecified atom stereocenters. The second kappa shape index (κ2) is 5.39. The molecule has 2 rings (SSSR count). The normalized spacial score (nSPS) is 10.0. The Morgan fingerprint density at radius 3 is 2.68 bits per heavy atom. The van der Waals surface area contributed by atoms with Crippen LogP contribution < -0.4 is 10.1 Å². The molecule has 0 saturated heterocycles. The van der Waals surface area contributed by atoms with E-state index in [2.05, 4.69) is 5.32 Å². The van der Waals surface area contributed by atoms with Gasteiger partial charge in [-0.1, -0.05) is 6.07 Å². The first kappa shape index (κ1) is 12.9. The molecular formula is C14H12FNO3. The zero-order valence-electron chi connectivity index (χ0n) is 10.2. The maximum atomic E-state index is 13.1. The van der Waals surface area contributed by atoms with Gasteiger partial charge in [0.15, 0.2) is 0 Å². The van der Waals surface area contributed by atoms with Crippen molar-refractivity contribution >= 4 is 17.3 Å². The van der Waals surface area contributed by atoms with Crippen LogP contribution in [-0.4, -0.2) is 18.2 Å². The van der Waals surface area contributed by atoms with Crippen molar-refractivity contribution in [2.75, 3.05) is 12.4 Å². The fraction of sp³-hybridized carbons (Fsp3) is 0.0714. The molecule has 0 atom stereocenters. The van der Waals surface area contributed by atoms with Crippen molar-refractivity contribution in [3.63, 3.8) is 0 Å². The smallest absolute Gasteiger partial charge is 0.337 e. The van der Waals surface area contributed by atoms with Gasteiger partial charge in [-0.15, -0.1) is 0 Å². The second-order valence-corrected chi connectivity index (χ2v) is 3.85. The molecule has 0 aliphatic rings. The minimum Gasteiger partial charge on any atom is -0.497 e. The van der Waals surface area contributed by atoms with Crippen molar-refractivity contribution in [2.24, 2.45) is 0 Å². The first-order valence-corrected chi connectivity index (χ1v) is 5.54. The number of benzene rings is 2. The highest BCUT2D eigenvalue weighted by Gasteiger charge is 2.11. The van der Waals surface area contributed by atoms with Gasteiger partial charge in [0.1, 0.15) is 11.6 Å². The quantitative estimate of drug-likeness (QED) is 0.886. The van der Waals surface area contributed by atoms with Crippen LogP contribution in [0.5, 0.6) is 5.75 Å². The molecule has 2 aromatic carbocycles. The summed E-state index contributed by atoms with van der Waals surface area (Å²) >= 11 is 0. The van der Waals surface area contributed by atoms with Crippen LogP contribution in [0.3, 0.4) is 0 Å². The number of anilines is 2. The Labute approximate surface area is 109 Å². The molecule has 0 fully saturated rings. The molecule has 2 aromatic rings. The van der Waals surface area contributed by atoms with E-state index in [4.69, 9.17) is 9.84 Å². The Balaban J connectivity index is 2.36. The van der Waals surface area contributed by atoms with Crippen molar-refractivity contribution < 1.29 is 19.0 Å². The highest BCUT2D eigenvalue weighted by Crippen LogP contribution is 2.25. The molecule has 0 heterocycles. The van der Waals surface area contributed by atoms with Crippen molar-refractivity contribution in [3.05, 3.63) is 53.8 Å². The SMILES string of the molecule is COc1ccc(Nc2cccc(F)c2)c(C(=O)O)c1. The summed E-state index contributed by atoms with van der Waals surface area (Å²) in [5, 5.41) is 12.0. The van der Waals surface area contributed by atoms with E-state index in [-0.39, 0.29) is 5.56 Å². The molecule has 0 radical (unpaired) electrons. The Hall–Kier alpha value is -2.56. The van der Waals surface area contributed by atoms with E-state index in [9.17, 15) is 9.18 Å². The lowest BCUT2D eigenvalue weighted by atomic mass is 10.1. The van der Waals surface area contributed by atoms with Crippen LogP contribution in [0.25, 0.3) is 0 Å². The van der Waals surface area contributed by atoms with Crippen LogP contribution in [0, 0.1) is 5.82 Å². The van der Waals surface area contributed by atoms with Crippen molar-refractivity contribution in [1.29, 1.82) is 0 Å². The molecular weight excluding hydrogens is 249 g/mol. The lowest BCUT2D eigenvalue weighted by Crippen LogP contribution is -2.03. The molecule has 0 aliphatic carbocycles. The fourth-order valence-corrected chi connectivity index (χ4v) is 1.66. The molecule has 5 heteroatoms. The van der Waals surface area contributed by atoms with Gasteiger partial charge < -0.3 is 15.2 Å². The number of hydrogen-bond acceptors (Lipinski definition) is 3. The lowest BCUT2D eigenvalue weighted by molar-refractivity contribution is 0.0697. The maximum absolute atomic E-state index is 13.1. The van der Waals surface area contributed by atoms with Gasteiger partial charge in [0.25, 0.3) is 0 Å². The van der Waals surface area contributed by atoms with E-state index in [0.29, 0.717) is 17.1 Å². The molecule has 0 saturated carbocycles. The lowest BCUT2D eigenvalue weighted by Gasteiger charge is -2.11. The number of carboxylic acids is 1. The Morgan fingerprint density at radius 1 is 1.26 bits per heavy atom. The van der Waals surface area contributed by atoms with Gasteiger partial charge in [0.2, 0.25) is 0 Å². The summed E-state index contributed by atoms with van der Waals surface area (Å²) in [5.41, 5.74) is 0.912. The second-order valence-electron chi connectivity index (χ2n) is 3.85. The first-order chi connectivity index (χ1) is 9.10. The van der Waals surface area contributed by atoms with E-state index >= 15 is 0 Å². The van der Waals surface area contributed by atoms with E-state index in [0.717, 1.165) is 0 Å². The summed E-state index contributed by atoms with van der Waals surface area (Å²) in [7, 11) is 1.46. The fourth-order valence-electron chi connectivity index (χ4n) is 1.66. The monoisotopic (exact) mass is 261 g/mol. The summed E-state index contributed by atoms with van der Waals surface area (Å²) < 4.78 is 18.0. The number of carboxylic acid groups (broad SMARTS) is 1. The number of nitrogens with one attached hydrogen (secondary N) is 1. The largest absolute Gasteiger partial charge is 0.497 e. The third-order valence-corrected chi connectivity index (χ3v) is 2.56. The first-order valence-electron chi connectivity index (χ1n) is 5.54. The average molecular weight is 261 g/mol. The van der Waals surface area contributed by atoms with Gasteiger partial charge in [-0.3, -0.25) is 0 Å². The Morgan fingerprint density at radius 2 is 2.05 bits per heavy atom. The molecule has 19 heavy (non-hydrogen) atoms. The summed E-state index contributed by atoms with van der Waals surface area (Å²) in [5.74, 6) is -1.03. The zero-order valence-corrected chi connectivity index (χ0v) is 10.2. The van der Waals surface area contributed by atoms with Gasteiger partial charge in [-0.2, -0.15) is 0 Å². The van der Waals surface area contributed by atoms with Gasteiger partial charge in [-0.05, 0) is 36.4 Å². The Bertz CT molecular complexity index is 613. The third kappa shape index (κ3) is 3.01. The van der Waals surface area contributed by atoms with Crippen LogP contribution in [-0.2, 0) is 0 Å². The predicted molar refractivity (Wildman–Crippen MR) is 69.6 cm³/mol. The number of hydrogen-bond donors (Lipinski definition) is 2. The van der Waals surface area contributed by atoms with Crippen LogP contribution >= 0.6 is 0 Å². The highest BCUT2D eigenvalue weighted by molar-refractivity contribution is 5.95. The van der Waals surface area contributed by atoms with Gasteiger partial charge in [0.05, 0.1) is 18.4 Å². The van der Waals surface area contributed by atoms with Crippen LogP contribution in [0.2, 0.25) is 0 Å². The summed E-state index contributed by atoms with van der Waals surface area (Å²) in [4.78, 5) is 11.2. The van der Waals surface area contributed by atoms with Crippen molar-refractivity contribution in [2.45, 2.75) is 0 Å². The number of carbonyl (C=O) groups is 1.